The number of alkyl halides is 1. The summed E-state index contributed by atoms with van der Waals surface area (Å²) in [7, 11) is 4.04. The first-order valence-electron chi connectivity index (χ1n) is 6.80. The SMILES string of the molecule is CN(C)Cc1ccc(NC(=O)C(Cl)c2ccccc2)cc1. The number of amides is 1. The van der Waals surface area contributed by atoms with Crippen molar-refractivity contribution in [2.24, 2.45) is 0 Å². The molecule has 0 spiro atoms. The second kappa shape index (κ2) is 7.25. The van der Waals surface area contributed by atoms with Gasteiger partial charge in [0.25, 0.3) is 0 Å². The smallest absolute Gasteiger partial charge is 0.246 e. The van der Waals surface area contributed by atoms with Gasteiger partial charge in [0.15, 0.2) is 0 Å². The van der Waals surface area contributed by atoms with E-state index in [4.69, 9.17) is 11.6 Å². The van der Waals surface area contributed by atoms with E-state index in [-0.39, 0.29) is 5.91 Å². The second-order valence-electron chi connectivity index (χ2n) is 5.20. The minimum absolute atomic E-state index is 0.219. The van der Waals surface area contributed by atoms with Crippen LogP contribution in [-0.4, -0.2) is 24.9 Å². The number of benzene rings is 2. The molecule has 1 amide bonds. The van der Waals surface area contributed by atoms with E-state index in [1.54, 1.807) is 0 Å². The third-order valence-electron chi connectivity index (χ3n) is 3.04. The molecule has 0 heterocycles. The summed E-state index contributed by atoms with van der Waals surface area (Å²) in [6, 6.07) is 17.1. The zero-order chi connectivity index (χ0) is 15.2. The molecule has 1 atom stereocenters. The lowest BCUT2D eigenvalue weighted by atomic mass is 10.1. The molecular weight excluding hydrogens is 284 g/mol. The number of carbonyl (C=O) groups excluding carboxylic acids is 1. The zero-order valence-electron chi connectivity index (χ0n) is 12.2. The third-order valence-corrected chi connectivity index (χ3v) is 3.49. The van der Waals surface area contributed by atoms with Crippen LogP contribution in [0.15, 0.2) is 54.6 Å². The summed E-state index contributed by atoms with van der Waals surface area (Å²) in [5.74, 6) is -0.219. The Bertz CT molecular complexity index is 581. The Hall–Kier alpha value is -1.84. The lowest BCUT2D eigenvalue weighted by molar-refractivity contribution is -0.116. The van der Waals surface area contributed by atoms with E-state index in [0.29, 0.717) is 0 Å². The minimum Gasteiger partial charge on any atom is -0.325 e. The van der Waals surface area contributed by atoms with Crippen LogP contribution in [0.4, 0.5) is 5.69 Å². The molecule has 0 aliphatic carbocycles. The summed E-state index contributed by atoms with van der Waals surface area (Å²) in [6.07, 6.45) is 0. The lowest BCUT2D eigenvalue weighted by Gasteiger charge is -2.12. The molecule has 3 nitrogen and oxygen atoms in total. The molecule has 1 unspecified atom stereocenters. The van der Waals surface area contributed by atoms with Crippen LogP contribution in [0.1, 0.15) is 16.5 Å². The number of carbonyl (C=O) groups is 1. The molecule has 0 saturated carbocycles. The number of nitrogens with one attached hydrogen (secondary N) is 1. The van der Waals surface area contributed by atoms with E-state index in [0.717, 1.165) is 17.8 Å². The predicted molar refractivity (Wildman–Crippen MR) is 87.5 cm³/mol. The third kappa shape index (κ3) is 4.59. The molecule has 0 aromatic heterocycles. The second-order valence-corrected chi connectivity index (χ2v) is 5.63. The van der Waals surface area contributed by atoms with Crippen molar-refractivity contribution in [1.82, 2.24) is 4.90 Å². The zero-order valence-corrected chi connectivity index (χ0v) is 13.0. The van der Waals surface area contributed by atoms with Crippen LogP contribution < -0.4 is 5.32 Å². The molecule has 0 aliphatic heterocycles. The van der Waals surface area contributed by atoms with Gasteiger partial charge in [-0.3, -0.25) is 4.79 Å². The van der Waals surface area contributed by atoms with Crippen molar-refractivity contribution in [2.75, 3.05) is 19.4 Å². The van der Waals surface area contributed by atoms with Gasteiger partial charge in [0.05, 0.1) is 0 Å². The first-order valence-corrected chi connectivity index (χ1v) is 7.23. The van der Waals surface area contributed by atoms with Crippen LogP contribution in [0.5, 0.6) is 0 Å². The van der Waals surface area contributed by atoms with Crippen molar-refractivity contribution in [1.29, 1.82) is 0 Å². The van der Waals surface area contributed by atoms with E-state index in [2.05, 4.69) is 10.2 Å². The van der Waals surface area contributed by atoms with E-state index >= 15 is 0 Å². The topological polar surface area (TPSA) is 32.3 Å². The molecule has 110 valence electrons. The maximum absolute atomic E-state index is 12.1. The molecule has 0 fully saturated rings. The normalized spacial score (nSPS) is 12.2. The number of anilines is 1. The number of hydrogen-bond donors (Lipinski definition) is 1. The van der Waals surface area contributed by atoms with Gasteiger partial charge in [-0.05, 0) is 37.4 Å². The fourth-order valence-electron chi connectivity index (χ4n) is 2.04. The van der Waals surface area contributed by atoms with E-state index in [1.165, 1.54) is 5.56 Å². The van der Waals surface area contributed by atoms with Crippen LogP contribution in [0.2, 0.25) is 0 Å². The maximum Gasteiger partial charge on any atom is 0.246 e. The number of rotatable bonds is 5. The van der Waals surface area contributed by atoms with Crippen molar-refractivity contribution < 1.29 is 4.79 Å². The Morgan fingerprint density at radius 3 is 2.29 bits per heavy atom. The highest BCUT2D eigenvalue weighted by atomic mass is 35.5. The summed E-state index contributed by atoms with van der Waals surface area (Å²) < 4.78 is 0. The molecule has 0 aliphatic rings. The van der Waals surface area contributed by atoms with Gasteiger partial charge in [-0.25, -0.2) is 0 Å². The highest BCUT2D eigenvalue weighted by Gasteiger charge is 2.17. The van der Waals surface area contributed by atoms with Crippen LogP contribution in [0.3, 0.4) is 0 Å². The molecule has 0 saturated heterocycles. The van der Waals surface area contributed by atoms with Crippen molar-refractivity contribution in [3.8, 4) is 0 Å². The van der Waals surface area contributed by atoms with Crippen molar-refractivity contribution in [3.63, 3.8) is 0 Å². The van der Waals surface area contributed by atoms with Gasteiger partial charge in [0.2, 0.25) is 5.91 Å². The quantitative estimate of drug-likeness (QED) is 0.855. The van der Waals surface area contributed by atoms with E-state index < -0.39 is 5.38 Å². The maximum atomic E-state index is 12.1. The fourth-order valence-corrected chi connectivity index (χ4v) is 2.24. The van der Waals surface area contributed by atoms with Crippen LogP contribution in [0, 0.1) is 0 Å². The minimum atomic E-state index is -0.687. The molecule has 21 heavy (non-hydrogen) atoms. The molecule has 1 N–H and O–H groups in total. The van der Waals surface area contributed by atoms with Crippen molar-refractivity contribution >= 4 is 23.2 Å². The molecule has 2 aromatic rings. The Morgan fingerprint density at radius 1 is 1.10 bits per heavy atom. The Morgan fingerprint density at radius 2 is 1.71 bits per heavy atom. The summed E-state index contributed by atoms with van der Waals surface area (Å²) in [6.45, 7) is 0.871. The Balaban J connectivity index is 1.99. The summed E-state index contributed by atoms with van der Waals surface area (Å²) >= 11 is 6.19. The average molecular weight is 303 g/mol. The Labute approximate surface area is 130 Å². The molecule has 4 heteroatoms. The predicted octanol–water partition coefficient (Wildman–Crippen LogP) is 3.67. The van der Waals surface area contributed by atoms with Gasteiger partial charge in [-0.15, -0.1) is 11.6 Å². The van der Waals surface area contributed by atoms with Gasteiger partial charge < -0.3 is 10.2 Å². The van der Waals surface area contributed by atoms with Gasteiger partial charge in [-0.2, -0.15) is 0 Å². The van der Waals surface area contributed by atoms with Crippen LogP contribution >= 0.6 is 11.6 Å². The monoisotopic (exact) mass is 302 g/mol. The largest absolute Gasteiger partial charge is 0.325 e. The van der Waals surface area contributed by atoms with E-state index in [9.17, 15) is 4.79 Å². The van der Waals surface area contributed by atoms with Gasteiger partial charge in [0.1, 0.15) is 5.38 Å². The molecular formula is C17H19ClN2O. The standard InChI is InChI=1S/C17H19ClN2O/c1-20(2)12-13-8-10-15(11-9-13)19-17(21)16(18)14-6-4-3-5-7-14/h3-11,16H,12H2,1-2H3,(H,19,21). The summed E-state index contributed by atoms with van der Waals surface area (Å²) in [5, 5.41) is 2.15. The van der Waals surface area contributed by atoms with Gasteiger partial charge in [0, 0.05) is 12.2 Å². The van der Waals surface area contributed by atoms with Crippen LogP contribution in [-0.2, 0) is 11.3 Å². The highest BCUT2D eigenvalue weighted by molar-refractivity contribution is 6.32. The lowest BCUT2D eigenvalue weighted by Crippen LogP contribution is -2.17. The van der Waals surface area contributed by atoms with Crippen molar-refractivity contribution in [3.05, 3.63) is 65.7 Å². The van der Waals surface area contributed by atoms with E-state index in [1.807, 2.05) is 68.7 Å². The van der Waals surface area contributed by atoms with Crippen LogP contribution in [0.25, 0.3) is 0 Å². The first-order chi connectivity index (χ1) is 10.1. The molecule has 2 aromatic carbocycles. The molecule has 2 rings (SSSR count). The number of halogens is 1. The number of hydrogen-bond acceptors (Lipinski definition) is 2. The summed E-state index contributed by atoms with van der Waals surface area (Å²) in [5.41, 5.74) is 2.74. The van der Waals surface area contributed by atoms with Gasteiger partial charge >= 0.3 is 0 Å². The number of nitrogens with zero attached hydrogens (tertiary/aromatic N) is 1. The van der Waals surface area contributed by atoms with Crippen molar-refractivity contribution in [2.45, 2.75) is 11.9 Å². The summed E-state index contributed by atoms with van der Waals surface area (Å²) in [4.78, 5) is 14.2. The fraction of sp³-hybridized carbons (Fsp3) is 0.235. The van der Waals surface area contributed by atoms with Gasteiger partial charge in [-0.1, -0.05) is 42.5 Å². The highest BCUT2D eigenvalue weighted by Crippen LogP contribution is 2.22. The molecule has 0 bridgehead atoms. The molecule has 0 radical (unpaired) electrons. The average Bonchev–Trinajstić information content (AvgIpc) is 2.49. The Kier molecular flexibility index (Phi) is 5.37. The first kappa shape index (κ1) is 15.5.